The summed E-state index contributed by atoms with van der Waals surface area (Å²) in [5.41, 5.74) is 7.74. The third-order valence-electron chi connectivity index (χ3n) is 3.04. The van der Waals surface area contributed by atoms with Crippen molar-refractivity contribution in [2.75, 3.05) is 12.4 Å². The Morgan fingerprint density at radius 3 is 2.74 bits per heavy atom. The molecule has 2 aromatic rings. The summed E-state index contributed by atoms with van der Waals surface area (Å²) in [6, 6.07) is 9.22. The molecule has 0 bridgehead atoms. The van der Waals surface area contributed by atoms with E-state index in [1.165, 1.54) is 0 Å². The number of rotatable bonds is 4. The number of nitrogens with one attached hydrogen (secondary N) is 3. The number of benzene rings is 1. The average Bonchev–Trinajstić information content (AvgIpc) is 2.83. The normalized spacial score (nSPS) is 10.0. The molecule has 0 aliphatic carbocycles. The van der Waals surface area contributed by atoms with E-state index >= 15 is 0 Å². The zero-order valence-corrected chi connectivity index (χ0v) is 14.0. The molecule has 1 aromatic carbocycles. The number of carbonyl (C=O) groups is 1. The molecule has 2 rings (SSSR count). The molecule has 3 N–H and O–H groups in total. The van der Waals surface area contributed by atoms with E-state index in [1.807, 2.05) is 38.1 Å². The Kier molecular flexibility index (Phi) is 5.53. The lowest BCUT2D eigenvalue weighted by Gasteiger charge is -2.12. The average molecular weight is 333 g/mol. The van der Waals surface area contributed by atoms with Crippen LogP contribution in [0.5, 0.6) is 5.75 Å². The fourth-order valence-corrected chi connectivity index (χ4v) is 2.17. The third-order valence-corrected chi connectivity index (χ3v) is 3.24. The van der Waals surface area contributed by atoms with Crippen LogP contribution in [0.15, 0.2) is 30.3 Å². The first-order valence-corrected chi connectivity index (χ1v) is 7.39. The molecule has 0 spiro atoms. The van der Waals surface area contributed by atoms with Crippen molar-refractivity contribution in [1.29, 1.82) is 0 Å². The summed E-state index contributed by atoms with van der Waals surface area (Å²) in [6.45, 7) is 3.90. The largest absolute Gasteiger partial charge is 0.497 e. The van der Waals surface area contributed by atoms with Crippen LogP contribution in [0.1, 0.15) is 11.4 Å². The molecule has 0 unspecified atom stereocenters. The van der Waals surface area contributed by atoms with Gasteiger partial charge in [-0.25, -0.2) is 0 Å². The summed E-state index contributed by atoms with van der Waals surface area (Å²) >= 11 is 5.13. The second-order valence-corrected chi connectivity index (χ2v) is 5.35. The molecule has 1 heterocycles. The Labute approximate surface area is 140 Å². The quantitative estimate of drug-likeness (QED) is 0.582. The van der Waals surface area contributed by atoms with Crippen molar-refractivity contribution in [3.63, 3.8) is 0 Å². The number of methoxy groups -OCH3 is 1. The van der Waals surface area contributed by atoms with E-state index in [1.54, 1.807) is 17.9 Å². The highest BCUT2D eigenvalue weighted by Crippen LogP contribution is 2.16. The number of ether oxygens (including phenoxy) is 1. The summed E-state index contributed by atoms with van der Waals surface area (Å²) < 4.78 is 6.76. The maximum atomic E-state index is 11.9. The first-order chi connectivity index (χ1) is 11.0. The number of aryl methyl sites for hydroxylation is 2. The number of anilines is 1. The maximum Gasteiger partial charge on any atom is 0.260 e. The fourth-order valence-electron chi connectivity index (χ4n) is 2.00. The van der Waals surface area contributed by atoms with E-state index in [0.29, 0.717) is 5.75 Å². The van der Waals surface area contributed by atoms with Gasteiger partial charge in [0.05, 0.1) is 12.8 Å². The van der Waals surface area contributed by atoms with Crippen LogP contribution < -0.4 is 20.9 Å². The van der Waals surface area contributed by atoms with Gasteiger partial charge in [-0.05, 0) is 44.3 Å². The molecule has 23 heavy (non-hydrogen) atoms. The zero-order valence-electron chi connectivity index (χ0n) is 13.2. The van der Waals surface area contributed by atoms with Gasteiger partial charge in [-0.2, -0.15) is 5.10 Å². The number of amides is 1. The topological polar surface area (TPSA) is 80.2 Å². The number of hydrazine groups is 1. The first-order valence-electron chi connectivity index (χ1n) is 6.99. The standard InChI is InChI=1S/C15H19N5O2S/c1-10-7-11(2)20(19-10)9-14(21)17-18-15(23)16-12-5-4-6-13(8-12)22-3/h4-8H,9H2,1-3H3,(H,17,21)(H2,16,18,23). The summed E-state index contributed by atoms with van der Waals surface area (Å²) in [5, 5.41) is 7.46. The van der Waals surface area contributed by atoms with E-state index in [4.69, 9.17) is 17.0 Å². The van der Waals surface area contributed by atoms with E-state index in [-0.39, 0.29) is 17.6 Å². The van der Waals surface area contributed by atoms with Gasteiger partial charge in [0.2, 0.25) is 0 Å². The third kappa shape index (κ3) is 4.96. The molecule has 0 saturated carbocycles. The van der Waals surface area contributed by atoms with Gasteiger partial charge in [0.15, 0.2) is 5.11 Å². The van der Waals surface area contributed by atoms with E-state index < -0.39 is 0 Å². The van der Waals surface area contributed by atoms with Gasteiger partial charge >= 0.3 is 0 Å². The van der Waals surface area contributed by atoms with Crippen LogP contribution in [0.25, 0.3) is 0 Å². The molecule has 1 aromatic heterocycles. The molecule has 1 amide bonds. The lowest BCUT2D eigenvalue weighted by Crippen LogP contribution is -2.45. The van der Waals surface area contributed by atoms with Crippen molar-refractivity contribution in [3.8, 4) is 5.75 Å². The highest BCUT2D eigenvalue weighted by atomic mass is 32.1. The van der Waals surface area contributed by atoms with Crippen LogP contribution in [-0.4, -0.2) is 27.9 Å². The highest BCUT2D eigenvalue weighted by molar-refractivity contribution is 7.80. The fraction of sp³-hybridized carbons (Fsp3) is 0.267. The molecule has 0 saturated heterocycles. The first kappa shape index (κ1) is 16.8. The van der Waals surface area contributed by atoms with Gasteiger partial charge in [-0.15, -0.1) is 0 Å². The summed E-state index contributed by atoms with van der Waals surface area (Å²) in [7, 11) is 1.59. The van der Waals surface area contributed by atoms with Crippen molar-refractivity contribution in [2.45, 2.75) is 20.4 Å². The minimum Gasteiger partial charge on any atom is -0.497 e. The molecule has 7 nitrogen and oxygen atoms in total. The van der Waals surface area contributed by atoms with Crippen LogP contribution in [0, 0.1) is 13.8 Å². The van der Waals surface area contributed by atoms with Gasteiger partial charge in [0, 0.05) is 17.4 Å². The smallest absolute Gasteiger partial charge is 0.260 e. The van der Waals surface area contributed by atoms with Crippen LogP contribution >= 0.6 is 12.2 Å². The SMILES string of the molecule is COc1cccc(NC(=S)NNC(=O)Cn2nc(C)cc2C)c1. The minimum atomic E-state index is -0.244. The number of nitrogens with zero attached hydrogens (tertiary/aromatic N) is 2. The van der Waals surface area contributed by atoms with E-state index in [9.17, 15) is 4.79 Å². The Bertz CT molecular complexity index is 714. The number of carbonyl (C=O) groups excluding carboxylic acids is 1. The number of aromatic nitrogens is 2. The Hall–Kier alpha value is -2.61. The number of hydrogen-bond acceptors (Lipinski definition) is 4. The zero-order chi connectivity index (χ0) is 16.8. The summed E-state index contributed by atoms with van der Waals surface area (Å²) in [6.07, 6.45) is 0. The predicted octanol–water partition coefficient (Wildman–Crippen LogP) is 1.53. The highest BCUT2D eigenvalue weighted by Gasteiger charge is 2.07. The van der Waals surface area contributed by atoms with Crippen molar-refractivity contribution >= 4 is 28.9 Å². The van der Waals surface area contributed by atoms with Gasteiger partial charge in [-0.1, -0.05) is 6.07 Å². The van der Waals surface area contributed by atoms with Crippen molar-refractivity contribution in [1.82, 2.24) is 20.6 Å². The molecule has 0 atom stereocenters. The lowest BCUT2D eigenvalue weighted by molar-refractivity contribution is -0.122. The van der Waals surface area contributed by atoms with Gasteiger partial charge in [0.25, 0.3) is 5.91 Å². The van der Waals surface area contributed by atoms with Gasteiger partial charge < -0.3 is 10.1 Å². The van der Waals surface area contributed by atoms with Gasteiger partial charge in [-0.3, -0.25) is 20.3 Å². The molecular formula is C15H19N5O2S. The van der Waals surface area contributed by atoms with Gasteiger partial charge in [0.1, 0.15) is 12.3 Å². The summed E-state index contributed by atoms with van der Waals surface area (Å²) in [4.78, 5) is 11.9. The molecule has 0 aliphatic heterocycles. The molecular weight excluding hydrogens is 314 g/mol. The van der Waals surface area contributed by atoms with Crippen molar-refractivity contribution in [2.24, 2.45) is 0 Å². The lowest BCUT2D eigenvalue weighted by atomic mass is 10.3. The minimum absolute atomic E-state index is 0.119. The van der Waals surface area contributed by atoms with Crippen molar-refractivity contribution in [3.05, 3.63) is 41.7 Å². The second kappa shape index (κ2) is 7.59. The van der Waals surface area contributed by atoms with E-state index in [0.717, 1.165) is 17.1 Å². The maximum absolute atomic E-state index is 11.9. The van der Waals surface area contributed by atoms with Crippen LogP contribution in [0.3, 0.4) is 0 Å². The predicted molar refractivity (Wildman–Crippen MR) is 92.2 cm³/mol. The van der Waals surface area contributed by atoms with Crippen LogP contribution in [0.2, 0.25) is 0 Å². The molecule has 8 heteroatoms. The number of thiocarbonyl (C=S) groups is 1. The monoisotopic (exact) mass is 333 g/mol. The molecule has 122 valence electrons. The second-order valence-electron chi connectivity index (χ2n) is 4.94. The Morgan fingerprint density at radius 1 is 1.30 bits per heavy atom. The van der Waals surface area contributed by atoms with Crippen LogP contribution in [0.4, 0.5) is 5.69 Å². The van der Waals surface area contributed by atoms with Crippen LogP contribution in [-0.2, 0) is 11.3 Å². The Morgan fingerprint density at radius 2 is 2.09 bits per heavy atom. The molecule has 0 radical (unpaired) electrons. The molecule has 0 aliphatic rings. The summed E-state index contributed by atoms with van der Waals surface area (Å²) in [5.74, 6) is 0.470. The Balaban J connectivity index is 1.81. The van der Waals surface area contributed by atoms with E-state index in [2.05, 4.69) is 21.3 Å². The van der Waals surface area contributed by atoms with Crippen molar-refractivity contribution < 1.29 is 9.53 Å². The molecule has 0 fully saturated rings. The number of hydrogen-bond donors (Lipinski definition) is 3.